The van der Waals surface area contributed by atoms with Crippen LogP contribution in [0.5, 0.6) is 0 Å². The number of nitrogens with one attached hydrogen (secondary N) is 3. The molecule has 28 heavy (non-hydrogen) atoms. The third kappa shape index (κ3) is 3.50. The van der Waals surface area contributed by atoms with Crippen molar-refractivity contribution in [1.82, 2.24) is 0 Å². The number of carbonyl (C=O) groups is 3. The molecule has 0 fully saturated rings. The summed E-state index contributed by atoms with van der Waals surface area (Å²) in [5.41, 5.74) is 3.29. The quantitative estimate of drug-likeness (QED) is 0.709. The van der Waals surface area contributed by atoms with Crippen LogP contribution >= 0.6 is 0 Å². The van der Waals surface area contributed by atoms with E-state index in [1.54, 1.807) is 26.0 Å². The first kappa shape index (κ1) is 19.6. The lowest BCUT2D eigenvalue weighted by molar-refractivity contribution is -0.141. The molecule has 6 heteroatoms. The Labute approximate surface area is 164 Å². The molecule has 0 radical (unpaired) electrons. The molecule has 0 saturated heterocycles. The summed E-state index contributed by atoms with van der Waals surface area (Å²) in [4.78, 5) is 38.8. The number of amides is 3. The Balaban J connectivity index is 1.91. The van der Waals surface area contributed by atoms with Gasteiger partial charge in [0.05, 0.1) is 16.8 Å². The maximum atomic E-state index is 13.1. The predicted molar refractivity (Wildman–Crippen MR) is 110 cm³/mol. The number of rotatable bonds is 3. The minimum absolute atomic E-state index is 0.387. The van der Waals surface area contributed by atoms with Crippen LogP contribution in [0.2, 0.25) is 0 Å². The van der Waals surface area contributed by atoms with Crippen LogP contribution in [0.25, 0.3) is 0 Å². The summed E-state index contributed by atoms with van der Waals surface area (Å²) in [6.07, 6.45) is 0. The van der Waals surface area contributed by atoms with Gasteiger partial charge in [0.15, 0.2) is 0 Å². The van der Waals surface area contributed by atoms with Crippen molar-refractivity contribution in [3.63, 3.8) is 0 Å². The number of fused-ring (bicyclic) bond motifs is 1. The van der Waals surface area contributed by atoms with E-state index in [2.05, 4.69) is 16.0 Å². The number of hydrogen-bond acceptors (Lipinski definition) is 3. The van der Waals surface area contributed by atoms with E-state index in [1.165, 1.54) is 0 Å². The Morgan fingerprint density at radius 2 is 1.50 bits per heavy atom. The van der Waals surface area contributed by atoms with E-state index in [0.717, 1.165) is 16.7 Å². The molecule has 3 rings (SSSR count). The Kier molecular flexibility index (Phi) is 4.98. The Hall–Kier alpha value is -3.15. The van der Waals surface area contributed by atoms with Gasteiger partial charge < -0.3 is 16.0 Å². The Morgan fingerprint density at radius 1 is 0.929 bits per heavy atom. The van der Waals surface area contributed by atoms with Crippen molar-refractivity contribution in [2.24, 2.45) is 11.3 Å². The van der Waals surface area contributed by atoms with E-state index in [-0.39, 0.29) is 5.91 Å². The number of anilines is 3. The van der Waals surface area contributed by atoms with E-state index in [9.17, 15) is 14.4 Å². The highest BCUT2D eigenvalue weighted by atomic mass is 16.2. The number of para-hydroxylation sites is 1. The molecule has 1 atom stereocenters. The molecule has 0 saturated carbocycles. The van der Waals surface area contributed by atoms with Crippen LogP contribution < -0.4 is 16.0 Å². The van der Waals surface area contributed by atoms with Gasteiger partial charge in [-0.15, -0.1) is 0 Å². The van der Waals surface area contributed by atoms with Gasteiger partial charge in [-0.25, -0.2) is 0 Å². The first-order chi connectivity index (χ1) is 13.1. The second kappa shape index (κ2) is 7.11. The third-order valence-electron chi connectivity index (χ3n) is 5.24. The first-order valence-electron chi connectivity index (χ1n) is 9.21. The predicted octanol–water partition coefficient (Wildman–Crippen LogP) is 3.78. The van der Waals surface area contributed by atoms with Gasteiger partial charge in [-0.3, -0.25) is 14.4 Å². The van der Waals surface area contributed by atoms with Crippen LogP contribution in [0.4, 0.5) is 17.1 Å². The van der Waals surface area contributed by atoms with Crippen molar-refractivity contribution in [2.75, 3.05) is 16.0 Å². The summed E-state index contributed by atoms with van der Waals surface area (Å²) in [5.74, 6) is -2.56. The molecule has 3 N–H and O–H groups in total. The van der Waals surface area contributed by atoms with Crippen molar-refractivity contribution in [3.05, 3.63) is 53.1 Å². The van der Waals surface area contributed by atoms with Gasteiger partial charge >= 0.3 is 0 Å². The third-order valence-corrected chi connectivity index (χ3v) is 5.24. The molecule has 2 aromatic carbocycles. The normalized spacial score (nSPS) is 16.5. The minimum atomic E-state index is -1.26. The van der Waals surface area contributed by atoms with Crippen LogP contribution in [0.1, 0.15) is 30.5 Å². The fourth-order valence-electron chi connectivity index (χ4n) is 3.47. The summed E-state index contributed by atoms with van der Waals surface area (Å²) >= 11 is 0. The molecule has 0 aromatic heterocycles. The summed E-state index contributed by atoms with van der Waals surface area (Å²) in [5, 5.41) is 8.47. The van der Waals surface area contributed by atoms with E-state index in [4.69, 9.17) is 0 Å². The molecule has 0 spiro atoms. The molecular formula is C22H25N3O3. The molecule has 1 heterocycles. The van der Waals surface area contributed by atoms with Crippen LogP contribution in [0, 0.1) is 32.1 Å². The fourth-order valence-corrected chi connectivity index (χ4v) is 3.47. The molecular weight excluding hydrogens is 354 g/mol. The first-order valence-corrected chi connectivity index (χ1v) is 9.21. The summed E-state index contributed by atoms with van der Waals surface area (Å²) in [6, 6.07) is 11.1. The van der Waals surface area contributed by atoms with Gasteiger partial charge in [0, 0.05) is 5.69 Å². The maximum absolute atomic E-state index is 13.1. The van der Waals surface area contributed by atoms with Gasteiger partial charge in [-0.05, 0) is 63.4 Å². The summed E-state index contributed by atoms with van der Waals surface area (Å²) < 4.78 is 0. The molecule has 1 aliphatic heterocycles. The van der Waals surface area contributed by atoms with Crippen LogP contribution in [0.15, 0.2) is 36.4 Å². The molecule has 0 bridgehead atoms. The van der Waals surface area contributed by atoms with Gasteiger partial charge in [0.2, 0.25) is 17.7 Å². The maximum Gasteiger partial charge on any atom is 0.238 e. The van der Waals surface area contributed by atoms with Crippen molar-refractivity contribution in [3.8, 4) is 0 Å². The van der Waals surface area contributed by atoms with Crippen molar-refractivity contribution in [1.29, 1.82) is 0 Å². The Bertz CT molecular complexity index is 959. The lowest BCUT2D eigenvalue weighted by atomic mass is 9.76. The number of benzene rings is 2. The zero-order valence-electron chi connectivity index (χ0n) is 16.8. The van der Waals surface area contributed by atoms with Gasteiger partial charge in [-0.1, -0.05) is 24.3 Å². The molecule has 146 valence electrons. The summed E-state index contributed by atoms with van der Waals surface area (Å²) in [6.45, 7) is 8.93. The average molecular weight is 379 g/mol. The number of aryl methyl sites for hydroxylation is 3. The molecule has 2 aromatic rings. The van der Waals surface area contributed by atoms with Crippen molar-refractivity contribution < 1.29 is 14.4 Å². The number of carbonyl (C=O) groups excluding carboxylic acids is 3. The van der Waals surface area contributed by atoms with E-state index in [1.807, 2.05) is 45.0 Å². The van der Waals surface area contributed by atoms with E-state index < -0.39 is 23.1 Å². The molecule has 1 aliphatic rings. The zero-order chi connectivity index (χ0) is 20.6. The van der Waals surface area contributed by atoms with Gasteiger partial charge in [0.1, 0.15) is 5.92 Å². The molecule has 6 nitrogen and oxygen atoms in total. The highest BCUT2D eigenvalue weighted by molar-refractivity contribution is 6.18. The number of hydrogen-bond donors (Lipinski definition) is 3. The standard InChI is InChI=1S/C22H25N3O3/c1-12-9-10-15-16(11-12)24-20(27)17(19(26)23-15)22(4,5)21(28)25-18-13(2)7-6-8-14(18)3/h6-11,17H,1-5H3,(H,23,26)(H,24,27)(H,25,28). The fraction of sp³-hybridized carbons (Fsp3) is 0.318. The van der Waals surface area contributed by atoms with Crippen molar-refractivity contribution >= 4 is 34.8 Å². The van der Waals surface area contributed by atoms with Crippen molar-refractivity contribution in [2.45, 2.75) is 34.6 Å². The molecule has 3 amide bonds. The van der Waals surface area contributed by atoms with Gasteiger partial charge in [0.25, 0.3) is 0 Å². The van der Waals surface area contributed by atoms with Gasteiger partial charge in [-0.2, -0.15) is 0 Å². The lowest BCUT2D eigenvalue weighted by Crippen LogP contribution is -2.48. The smallest absolute Gasteiger partial charge is 0.238 e. The van der Waals surface area contributed by atoms with E-state index >= 15 is 0 Å². The summed E-state index contributed by atoms with van der Waals surface area (Å²) in [7, 11) is 0. The van der Waals surface area contributed by atoms with Crippen LogP contribution in [-0.2, 0) is 14.4 Å². The highest BCUT2D eigenvalue weighted by Gasteiger charge is 2.47. The monoisotopic (exact) mass is 379 g/mol. The second-order valence-electron chi connectivity index (χ2n) is 7.90. The topological polar surface area (TPSA) is 87.3 Å². The second-order valence-corrected chi connectivity index (χ2v) is 7.90. The Morgan fingerprint density at radius 3 is 2.11 bits per heavy atom. The lowest BCUT2D eigenvalue weighted by Gasteiger charge is -2.30. The molecule has 1 unspecified atom stereocenters. The average Bonchev–Trinajstić information content (AvgIpc) is 2.72. The van der Waals surface area contributed by atoms with E-state index in [0.29, 0.717) is 17.1 Å². The molecule has 0 aliphatic carbocycles. The van der Waals surface area contributed by atoms with Crippen LogP contribution in [0.3, 0.4) is 0 Å². The largest absolute Gasteiger partial charge is 0.325 e. The highest BCUT2D eigenvalue weighted by Crippen LogP contribution is 2.36. The minimum Gasteiger partial charge on any atom is -0.325 e. The SMILES string of the molecule is Cc1ccc2c(c1)NC(=O)C(C(C)(C)C(=O)Nc1c(C)cccc1C)C(=O)N2. The zero-order valence-corrected chi connectivity index (χ0v) is 16.8. The van der Waals surface area contributed by atoms with Crippen LogP contribution in [-0.4, -0.2) is 17.7 Å².